The van der Waals surface area contributed by atoms with Crippen LogP contribution in [0, 0.1) is 11.8 Å². The lowest BCUT2D eigenvalue weighted by Gasteiger charge is -2.43. The maximum absolute atomic E-state index is 11.9. The lowest BCUT2D eigenvalue weighted by Crippen LogP contribution is -2.58. The summed E-state index contributed by atoms with van der Waals surface area (Å²) >= 11 is 0. The largest absolute Gasteiger partial charge is 0.481 e. The molecule has 0 saturated carbocycles. The van der Waals surface area contributed by atoms with Gasteiger partial charge in [-0.2, -0.15) is 0 Å². The molecule has 4 N–H and O–H groups in total. The normalized spacial score (nSPS) is 22.8. The molecule has 416 valence electrons. The fourth-order valence-electron chi connectivity index (χ4n) is 6.63. The first-order valence-corrected chi connectivity index (χ1v) is 23.5. The van der Waals surface area contributed by atoms with Crippen LogP contribution in [0.5, 0.6) is 0 Å². The number of amides is 1. The van der Waals surface area contributed by atoms with Gasteiger partial charge in [-0.05, 0) is 36.7 Å². The molecule has 0 radical (unpaired) electrons. The number of carbonyl (C=O) groups excluding carboxylic acids is 7. The lowest BCUT2D eigenvalue weighted by molar-refractivity contribution is -0.288. The minimum atomic E-state index is -0.979. The van der Waals surface area contributed by atoms with E-state index in [-0.39, 0.29) is 45.3 Å². The second-order valence-electron chi connectivity index (χ2n) is 16.0. The van der Waals surface area contributed by atoms with Crippen molar-refractivity contribution in [2.45, 2.75) is 143 Å². The maximum atomic E-state index is 11.9. The molecule has 0 aromatic carbocycles. The number of esters is 6. The van der Waals surface area contributed by atoms with Gasteiger partial charge in [0.25, 0.3) is 0 Å². The number of carbonyl (C=O) groups is 8. The van der Waals surface area contributed by atoms with Crippen LogP contribution in [-0.2, 0) is 95.2 Å². The van der Waals surface area contributed by atoms with Crippen LogP contribution in [-0.4, -0.2) is 181 Å². The summed E-state index contributed by atoms with van der Waals surface area (Å²) in [5.74, 6) is -5.41. The Hall–Kier alpha value is -5.90. The molecule has 73 heavy (non-hydrogen) atoms. The SMILES string of the molecule is CC(=O)OCC1OC(OCCCCC(=O)NCCOCCN=[N+]=[N-])C(C)C(OC(C)=O)C1OC(C)=O.CC(=O)OCC1OC(OCCCCC(=O)O)C(C)C(OC(C)=O)C1OC(C)=O.[N-]=[N+]=NCCOCCN. The molecule has 10 unspecified atom stereocenters. The molecule has 2 aliphatic rings. The average molecular weight is 1050 g/mol. The van der Waals surface area contributed by atoms with E-state index < -0.39 is 103 Å². The van der Waals surface area contributed by atoms with Gasteiger partial charge in [0.1, 0.15) is 37.6 Å². The molecular formula is C44H74N8O21. The summed E-state index contributed by atoms with van der Waals surface area (Å²) in [7, 11) is 0. The Labute approximate surface area is 423 Å². The monoisotopic (exact) mass is 1050 g/mol. The Balaban J connectivity index is 0.00000124. The van der Waals surface area contributed by atoms with E-state index in [1.807, 2.05) is 0 Å². The number of azide groups is 2. The molecule has 0 aromatic heterocycles. The van der Waals surface area contributed by atoms with Crippen molar-refractivity contribution in [3.8, 4) is 0 Å². The third-order valence-corrected chi connectivity index (χ3v) is 9.78. The Morgan fingerprint density at radius 1 is 0.562 bits per heavy atom. The van der Waals surface area contributed by atoms with Crippen molar-refractivity contribution >= 4 is 47.7 Å². The molecule has 2 aliphatic heterocycles. The average Bonchev–Trinajstić information content (AvgIpc) is 3.31. The highest BCUT2D eigenvalue weighted by atomic mass is 16.7. The first kappa shape index (κ1) is 67.1. The van der Waals surface area contributed by atoms with Crippen molar-refractivity contribution in [3.05, 3.63) is 20.9 Å². The van der Waals surface area contributed by atoms with Crippen LogP contribution in [0.1, 0.15) is 93.9 Å². The summed E-state index contributed by atoms with van der Waals surface area (Å²) in [5.41, 5.74) is 21.1. The number of rotatable bonds is 31. The zero-order chi connectivity index (χ0) is 55.1. The first-order chi connectivity index (χ1) is 34.7. The molecular weight excluding hydrogens is 977 g/mol. The quantitative estimate of drug-likeness (QED) is 0.0224. The van der Waals surface area contributed by atoms with E-state index in [2.05, 4.69) is 25.4 Å². The zero-order valence-corrected chi connectivity index (χ0v) is 42.9. The maximum Gasteiger partial charge on any atom is 0.303 e. The molecule has 2 saturated heterocycles. The van der Waals surface area contributed by atoms with Crippen molar-refractivity contribution in [2.24, 2.45) is 27.8 Å². The summed E-state index contributed by atoms with van der Waals surface area (Å²) < 4.78 is 64.8. The van der Waals surface area contributed by atoms with E-state index in [1.165, 1.54) is 41.5 Å². The number of ether oxygens (including phenoxy) is 12. The van der Waals surface area contributed by atoms with Gasteiger partial charge < -0.3 is 73.0 Å². The molecule has 2 heterocycles. The number of carboxylic acids is 1. The fraction of sp³-hybridized carbons (Fsp3) is 0.818. The predicted molar refractivity (Wildman–Crippen MR) is 250 cm³/mol. The number of aliphatic carboxylic acids is 1. The Bertz CT molecular complexity index is 1780. The highest BCUT2D eigenvalue weighted by Crippen LogP contribution is 2.33. The first-order valence-electron chi connectivity index (χ1n) is 23.5. The Morgan fingerprint density at radius 3 is 1.33 bits per heavy atom. The van der Waals surface area contributed by atoms with E-state index >= 15 is 0 Å². The summed E-state index contributed by atoms with van der Waals surface area (Å²) in [5, 5.41) is 18.0. The summed E-state index contributed by atoms with van der Waals surface area (Å²) in [6, 6.07) is 0. The number of nitrogens with two attached hydrogens (primary N) is 1. The van der Waals surface area contributed by atoms with E-state index in [4.69, 9.17) is 78.7 Å². The van der Waals surface area contributed by atoms with Crippen molar-refractivity contribution in [3.63, 3.8) is 0 Å². The van der Waals surface area contributed by atoms with Crippen LogP contribution in [0.2, 0.25) is 0 Å². The number of hydrogen-bond donors (Lipinski definition) is 3. The van der Waals surface area contributed by atoms with Gasteiger partial charge in [0, 0.05) is 115 Å². The number of unbranched alkanes of at least 4 members (excludes halogenated alkanes) is 2. The van der Waals surface area contributed by atoms with Crippen molar-refractivity contribution < 1.29 is 100 Å². The standard InChI is InChI=1S/C22H36N4O10.C18H28O10.C4H10N4O/c1-14-20(34-16(3)28)21(35-17(4)29)18(13-33-15(2)27)36-22(14)32-10-6-5-7-19(30)24-8-11-31-12-9-25-26-23;1-10-16(26-12(3)20)17(27-13(4)21)14(9-25-11(2)19)28-18(10)24-8-6-5-7-15(22)23;5-1-3-9-4-2-7-8-6/h14,18,20-22H,5-13H2,1-4H3,(H,24,30);10,14,16-18H,5-9H2,1-4H3,(H,22,23);1-5H2. The van der Waals surface area contributed by atoms with Gasteiger partial charge in [-0.1, -0.05) is 24.1 Å². The molecule has 2 rings (SSSR count). The number of hydrogen-bond acceptors (Lipinski definition) is 23. The molecule has 1 amide bonds. The van der Waals surface area contributed by atoms with Crippen LogP contribution in [0.3, 0.4) is 0 Å². The predicted octanol–water partition coefficient (Wildman–Crippen LogP) is 2.72. The lowest BCUT2D eigenvalue weighted by atomic mass is 9.92. The molecule has 0 spiro atoms. The van der Waals surface area contributed by atoms with E-state index in [0.717, 1.165) is 0 Å². The van der Waals surface area contributed by atoms with Crippen LogP contribution < -0.4 is 11.1 Å². The van der Waals surface area contributed by atoms with Crippen molar-refractivity contribution in [2.75, 3.05) is 79.0 Å². The third-order valence-electron chi connectivity index (χ3n) is 9.78. The zero-order valence-electron chi connectivity index (χ0n) is 42.9. The molecule has 2 fully saturated rings. The van der Waals surface area contributed by atoms with Crippen molar-refractivity contribution in [1.29, 1.82) is 0 Å². The molecule has 0 aromatic rings. The minimum absolute atomic E-state index is 0.0319. The minimum Gasteiger partial charge on any atom is -0.481 e. The van der Waals surface area contributed by atoms with Crippen LogP contribution in [0.15, 0.2) is 10.2 Å². The van der Waals surface area contributed by atoms with E-state index in [9.17, 15) is 38.4 Å². The fourth-order valence-corrected chi connectivity index (χ4v) is 6.63. The summed E-state index contributed by atoms with van der Waals surface area (Å²) in [4.78, 5) is 96.5. The smallest absolute Gasteiger partial charge is 0.303 e. The second-order valence-corrected chi connectivity index (χ2v) is 16.0. The highest BCUT2D eigenvalue weighted by Gasteiger charge is 2.50. The topological polar surface area (TPSA) is 403 Å². The van der Waals surface area contributed by atoms with Gasteiger partial charge >= 0.3 is 41.8 Å². The Morgan fingerprint density at radius 2 is 0.959 bits per heavy atom. The molecule has 0 bridgehead atoms. The van der Waals surface area contributed by atoms with Crippen LogP contribution in [0.4, 0.5) is 0 Å². The van der Waals surface area contributed by atoms with Crippen LogP contribution >= 0.6 is 0 Å². The van der Waals surface area contributed by atoms with Gasteiger partial charge in [-0.3, -0.25) is 38.4 Å². The molecule has 10 atom stereocenters. The van der Waals surface area contributed by atoms with Crippen LogP contribution in [0.25, 0.3) is 20.9 Å². The highest BCUT2D eigenvalue weighted by molar-refractivity contribution is 5.75. The van der Waals surface area contributed by atoms with Gasteiger partial charge in [0.05, 0.1) is 26.4 Å². The second kappa shape index (κ2) is 40.6. The van der Waals surface area contributed by atoms with Gasteiger partial charge in [-0.15, -0.1) is 0 Å². The number of nitrogens with one attached hydrogen (secondary N) is 1. The van der Waals surface area contributed by atoms with Gasteiger partial charge in [0.15, 0.2) is 24.8 Å². The Kier molecular flexibility index (Phi) is 37.3. The molecule has 0 aliphatic carbocycles. The van der Waals surface area contributed by atoms with E-state index in [0.29, 0.717) is 78.2 Å². The molecule has 29 nitrogen and oxygen atoms in total. The summed E-state index contributed by atoms with van der Waals surface area (Å²) in [6.07, 6.45) is -4.73. The molecule has 29 heteroatoms. The third kappa shape index (κ3) is 32.7. The summed E-state index contributed by atoms with van der Waals surface area (Å²) in [6.45, 7) is 14.0. The van der Waals surface area contributed by atoms with E-state index in [1.54, 1.807) is 13.8 Å². The van der Waals surface area contributed by atoms with Gasteiger partial charge in [-0.25, -0.2) is 0 Å². The number of carboxylic acid groups (broad SMARTS) is 1. The van der Waals surface area contributed by atoms with Gasteiger partial charge in [0.2, 0.25) is 5.91 Å². The van der Waals surface area contributed by atoms with Crippen molar-refractivity contribution in [1.82, 2.24) is 5.32 Å². The number of nitrogens with zero attached hydrogens (tertiary/aromatic N) is 6.